The highest BCUT2D eigenvalue weighted by molar-refractivity contribution is 7.89. The largest absolute Gasteiger partial charge is 0.243 e. The number of fused-ring (bicyclic) bond motifs is 1. The van der Waals surface area contributed by atoms with E-state index in [0.717, 1.165) is 33.4 Å². The smallest absolute Gasteiger partial charge is 0.207 e. The van der Waals surface area contributed by atoms with Gasteiger partial charge in [-0.1, -0.05) is 59.9 Å². The minimum absolute atomic E-state index is 0.357. The molecule has 0 radical (unpaired) electrons. The lowest BCUT2D eigenvalue weighted by Gasteiger charge is -2.16. The molecule has 0 amide bonds. The van der Waals surface area contributed by atoms with Gasteiger partial charge < -0.3 is 0 Å². The molecule has 2 fully saturated rings. The van der Waals surface area contributed by atoms with Crippen LogP contribution in [0.3, 0.4) is 0 Å². The summed E-state index contributed by atoms with van der Waals surface area (Å²) in [5, 5.41) is 0. The van der Waals surface area contributed by atoms with Gasteiger partial charge in [-0.2, -0.15) is 4.31 Å². The molecule has 6 rings (SSSR count). The topological polar surface area (TPSA) is 37.4 Å². The van der Waals surface area contributed by atoms with Crippen LogP contribution < -0.4 is 0 Å². The first-order valence-electron chi connectivity index (χ1n) is 11.8. The lowest BCUT2D eigenvalue weighted by molar-refractivity contribution is 0.431. The summed E-state index contributed by atoms with van der Waals surface area (Å²) >= 11 is 0. The molecule has 4 heteroatoms. The summed E-state index contributed by atoms with van der Waals surface area (Å²) in [6.45, 7) is 2.75. The van der Waals surface area contributed by atoms with Gasteiger partial charge in [-0.25, -0.2) is 8.42 Å². The van der Waals surface area contributed by atoms with E-state index in [1.54, 1.807) is 16.4 Å². The molecule has 33 heavy (non-hydrogen) atoms. The van der Waals surface area contributed by atoms with E-state index in [-0.39, 0.29) is 0 Å². The Morgan fingerprint density at radius 1 is 0.879 bits per heavy atom. The van der Waals surface area contributed by atoms with Gasteiger partial charge in [-0.3, -0.25) is 0 Å². The van der Waals surface area contributed by atoms with Gasteiger partial charge in [-0.15, -0.1) is 0 Å². The Labute approximate surface area is 196 Å². The van der Waals surface area contributed by atoms with Crippen LogP contribution in [0, 0.1) is 24.7 Å². The van der Waals surface area contributed by atoms with Crippen LogP contribution >= 0.6 is 0 Å². The molecule has 3 aromatic carbocycles. The van der Waals surface area contributed by atoms with Crippen molar-refractivity contribution in [2.45, 2.75) is 56.5 Å². The van der Waals surface area contributed by atoms with E-state index < -0.39 is 10.0 Å². The third-order valence-corrected chi connectivity index (χ3v) is 8.79. The van der Waals surface area contributed by atoms with E-state index >= 15 is 0 Å². The van der Waals surface area contributed by atoms with Gasteiger partial charge in [0.1, 0.15) is 0 Å². The molecule has 3 nitrogen and oxygen atoms in total. The summed E-state index contributed by atoms with van der Waals surface area (Å²) in [6.07, 6.45) is 4.75. The molecule has 0 spiro atoms. The van der Waals surface area contributed by atoms with Gasteiger partial charge in [0.25, 0.3) is 0 Å². The first-order chi connectivity index (χ1) is 16.0. The van der Waals surface area contributed by atoms with Crippen molar-refractivity contribution in [3.63, 3.8) is 0 Å². The number of aryl methyl sites for hydroxylation is 1. The molecule has 0 N–H and O–H groups in total. The van der Waals surface area contributed by atoms with Crippen molar-refractivity contribution in [1.29, 1.82) is 0 Å². The first-order valence-corrected chi connectivity index (χ1v) is 13.3. The predicted molar refractivity (Wildman–Crippen MR) is 131 cm³/mol. The zero-order valence-electron chi connectivity index (χ0n) is 18.8. The van der Waals surface area contributed by atoms with Crippen molar-refractivity contribution in [3.8, 4) is 23.0 Å². The maximum absolute atomic E-state index is 13.6. The van der Waals surface area contributed by atoms with Gasteiger partial charge >= 0.3 is 0 Å². The Kier molecular flexibility index (Phi) is 4.94. The van der Waals surface area contributed by atoms with E-state index in [2.05, 4.69) is 42.2 Å². The van der Waals surface area contributed by atoms with Crippen molar-refractivity contribution in [2.24, 2.45) is 5.92 Å². The van der Waals surface area contributed by atoms with Crippen LogP contribution in [0.1, 0.15) is 59.4 Å². The van der Waals surface area contributed by atoms with Crippen molar-refractivity contribution < 1.29 is 8.42 Å². The summed E-state index contributed by atoms with van der Waals surface area (Å²) < 4.78 is 28.8. The molecule has 3 aromatic rings. The molecule has 1 aliphatic heterocycles. The minimum Gasteiger partial charge on any atom is -0.207 e. The third-order valence-electron chi connectivity index (χ3n) is 6.99. The number of hydrogen-bond donors (Lipinski definition) is 0. The summed E-state index contributed by atoms with van der Waals surface area (Å²) in [4.78, 5) is 0.357. The average molecular weight is 454 g/mol. The van der Waals surface area contributed by atoms with Crippen molar-refractivity contribution in [1.82, 2.24) is 4.31 Å². The predicted octanol–water partition coefficient (Wildman–Crippen LogP) is 6.01. The van der Waals surface area contributed by atoms with E-state index in [1.807, 2.05) is 25.1 Å². The quantitative estimate of drug-likeness (QED) is 0.454. The van der Waals surface area contributed by atoms with Gasteiger partial charge in [0.15, 0.2) is 0 Å². The number of hydrogen-bond acceptors (Lipinski definition) is 2. The fraction of sp³-hybridized carbons (Fsp3) is 0.310. The summed E-state index contributed by atoms with van der Waals surface area (Å²) in [5.41, 5.74) is 7.99. The van der Waals surface area contributed by atoms with Gasteiger partial charge in [-0.05, 0) is 84.5 Å². The number of nitrogens with zero attached hydrogens (tertiary/aromatic N) is 1. The number of rotatable bonds is 4. The van der Waals surface area contributed by atoms with Crippen molar-refractivity contribution in [2.75, 3.05) is 0 Å². The van der Waals surface area contributed by atoms with Crippen LogP contribution in [-0.2, 0) is 23.1 Å². The summed E-state index contributed by atoms with van der Waals surface area (Å²) in [5.74, 6) is 8.04. The second-order valence-corrected chi connectivity index (χ2v) is 11.6. The standard InChI is InChI=1S/C29H27NO2S/c1-20-7-14-24(15-8-20)33(31,32)30-18-28-25(16-11-21-9-10-21)26(23-12-13-23)17-27(29(28)19-30)22-5-3-2-4-6-22/h2-8,14-15,17,21,23H,9-10,12-13,18-19H2,1H3. The molecule has 0 aromatic heterocycles. The zero-order valence-corrected chi connectivity index (χ0v) is 19.7. The van der Waals surface area contributed by atoms with E-state index in [4.69, 9.17) is 0 Å². The average Bonchev–Trinajstić information content (AvgIpc) is 3.76. The van der Waals surface area contributed by atoms with E-state index in [1.165, 1.54) is 31.2 Å². The molecule has 1 heterocycles. The van der Waals surface area contributed by atoms with Crippen molar-refractivity contribution in [3.05, 3.63) is 88.5 Å². The Bertz CT molecular complexity index is 1390. The lowest BCUT2D eigenvalue weighted by atomic mass is 9.88. The van der Waals surface area contributed by atoms with Crippen LogP contribution in [0.2, 0.25) is 0 Å². The molecule has 0 unspecified atom stereocenters. The molecule has 0 saturated heterocycles. The second kappa shape index (κ2) is 7.87. The van der Waals surface area contributed by atoms with Crippen LogP contribution in [0.5, 0.6) is 0 Å². The summed E-state index contributed by atoms with van der Waals surface area (Å²) in [7, 11) is -3.59. The van der Waals surface area contributed by atoms with Crippen LogP contribution in [0.25, 0.3) is 11.1 Å². The molecule has 0 atom stereocenters. The highest BCUT2D eigenvalue weighted by Crippen LogP contribution is 2.47. The normalized spacial score (nSPS) is 18.0. The van der Waals surface area contributed by atoms with E-state index in [0.29, 0.717) is 29.8 Å². The van der Waals surface area contributed by atoms with Crippen LogP contribution in [-0.4, -0.2) is 12.7 Å². The molecular weight excluding hydrogens is 426 g/mol. The minimum atomic E-state index is -3.59. The first kappa shape index (κ1) is 20.7. The van der Waals surface area contributed by atoms with E-state index in [9.17, 15) is 8.42 Å². The molecule has 166 valence electrons. The Hall–Kier alpha value is -2.87. The SMILES string of the molecule is Cc1ccc(S(=O)(=O)N2Cc3c(-c4ccccc4)cc(C4CC4)c(C#CC4CC4)c3C2)cc1. The number of benzene rings is 3. The monoisotopic (exact) mass is 453 g/mol. The third kappa shape index (κ3) is 3.90. The van der Waals surface area contributed by atoms with Crippen LogP contribution in [0.15, 0.2) is 65.6 Å². The number of sulfonamides is 1. The zero-order chi connectivity index (χ0) is 22.6. The van der Waals surface area contributed by atoms with Crippen LogP contribution in [0.4, 0.5) is 0 Å². The van der Waals surface area contributed by atoms with Gasteiger partial charge in [0.2, 0.25) is 10.0 Å². The molecule has 3 aliphatic rings. The Balaban J connectivity index is 1.49. The fourth-order valence-corrected chi connectivity index (χ4v) is 6.11. The highest BCUT2D eigenvalue weighted by Gasteiger charge is 2.37. The highest BCUT2D eigenvalue weighted by atomic mass is 32.2. The van der Waals surface area contributed by atoms with Gasteiger partial charge in [0, 0.05) is 24.6 Å². The summed E-state index contributed by atoms with van der Waals surface area (Å²) in [6, 6.07) is 19.8. The fourth-order valence-electron chi connectivity index (χ4n) is 4.74. The Morgan fingerprint density at radius 3 is 2.24 bits per heavy atom. The molecule has 0 bridgehead atoms. The van der Waals surface area contributed by atoms with Crippen molar-refractivity contribution >= 4 is 10.0 Å². The van der Waals surface area contributed by atoms with Gasteiger partial charge in [0.05, 0.1) is 4.90 Å². The molecular formula is C29H27NO2S. The second-order valence-electron chi connectivity index (χ2n) is 9.62. The molecule has 2 saturated carbocycles. The Morgan fingerprint density at radius 2 is 1.58 bits per heavy atom. The lowest BCUT2D eigenvalue weighted by Crippen LogP contribution is -2.25. The maximum atomic E-state index is 13.6. The molecule has 2 aliphatic carbocycles. The maximum Gasteiger partial charge on any atom is 0.243 e.